The van der Waals surface area contributed by atoms with Gasteiger partial charge in [-0.2, -0.15) is 8.78 Å². The van der Waals surface area contributed by atoms with E-state index >= 15 is 0 Å². The maximum absolute atomic E-state index is 13.2. The molecule has 2 N–H and O–H groups in total. The number of hydrogen-bond acceptors (Lipinski definition) is 2. The van der Waals surface area contributed by atoms with E-state index in [0.717, 1.165) is 5.56 Å². The molecule has 0 unspecified atom stereocenters. The van der Waals surface area contributed by atoms with Gasteiger partial charge >= 0.3 is 5.92 Å². The molecule has 1 rings (SSSR count). The number of aromatic nitrogens is 1. The summed E-state index contributed by atoms with van der Waals surface area (Å²) in [6, 6.07) is 1.61. The van der Waals surface area contributed by atoms with Gasteiger partial charge in [-0.25, -0.2) is 0 Å². The molecule has 0 aromatic carbocycles. The monoisotopic (exact) mass is 198 g/mol. The molecule has 0 aliphatic rings. The fraction of sp³-hybridized carbons (Fsp3) is 0.300. The number of aryl methyl sites for hydroxylation is 1. The molecule has 0 saturated heterocycles. The number of alkyl halides is 2. The average Bonchev–Trinajstić information content (AvgIpc) is 2.17. The lowest BCUT2D eigenvalue weighted by Gasteiger charge is -2.15. The highest BCUT2D eigenvalue weighted by atomic mass is 19.3. The van der Waals surface area contributed by atoms with Crippen molar-refractivity contribution in [3.63, 3.8) is 0 Å². The lowest BCUT2D eigenvalue weighted by atomic mass is 10.1. The molecule has 1 aromatic heterocycles. The Morgan fingerprint density at radius 2 is 2.29 bits per heavy atom. The Morgan fingerprint density at radius 1 is 1.64 bits per heavy atom. The van der Waals surface area contributed by atoms with Crippen molar-refractivity contribution in [3.8, 4) is 0 Å². The van der Waals surface area contributed by atoms with Crippen molar-refractivity contribution >= 4 is 6.08 Å². The SMILES string of the molecule is C=Cc1cc(C)cnc1C(F)(F)CN. The molecule has 14 heavy (non-hydrogen) atoms. The predicted octanol–water partition coefficient (Wildman–Crippen LogP) is 2.08. The molecule has 2 nitrogen and oxygen atoms in total. The average molecular weight is 198 g/mol. The van der Waals surface area contributed by atoms with Crippen LogP contribution < -0.4 is 5.73 Å². The lowest BCUT2D eigenvalue weighted by molar-refractivity contribution is 0.00116. The quantitative estimate of drug-likeness (QED) is 0.807. The van der Waals surface area contributed by atoms with Gasteiger partial charge in [0.05, 0.1) is 6.54 Å². The molecule has 0 saturated carbocycles. The molecule has 0 aliphatic heterocycles. The van der Waals surface area contributed by atoms with Gasteiger partial charge in [-0.15, -0.1) is 0 Å². The topological polar surface area (TPSA) is 38.9 Å². The van der Waals surface area contributed by atoms with Crippen LogP contribution in [-0.2, 0) is 5.92 Å². The molecule has 0 bridgehead atoms. The van der Waals surface area contributed by atoms with Gasteiger partial charge in [0.2, 0.25) is 0 Å². The number of nitrogens with zero attached hydrogens (tertiary/aromatic N) is 1. The van der Waals surface area contributed by atoms with Crippen LogP contribution in [0, 0.1) is 6.92 Å². The summed E-state index contributed by atoms with van der Waals surface area (Å²) in [6.45, 7) is 4.50. The molecule has 0 amide bonds. The summed E-state index contributed by atoms with van der Waals surface area (Å²) in [5.41, 5.74) is 5.82. The van der Waals surface area contributed by atoms with E-state index in [-0.39, 0.29) is 5.69 Å². The smallest absolute Gasteiger partial charge is 0.302 e. The summed E-state index contributed by atoms with van der Waals surface area (Å²) in [4.78, 5) is 3.69. The summed E-state index contributed by atoms with van der Waals surface area (Å²) in [5.74, 6) is -3.09. The first-order valence-electron chi connectivity index (χ1n) is 4.18. The second-order valence-electron chi connectivity index (χ2n) is 3.06. The molecule has 0 radical (unpaired) electrons. The minimum Gasteiger partial charge on any atom is -0.325 e. The van der Waals surface area contributed by atoms with Crippen molar-refractivity contribution in [3.05, 3.63) is 35.7 Å². The molecule has 0 fully saturated rings. The number of rotatable bonds is 3. The maximum Gasteiger partial charge on any atom is 0.302 e. The number of pyridine rings is 1. The van der Waals surface area contributed by atoms with E-state index in [4.69, 9.17) is 5.73 Å². The summed E-state index contributed by atoms with van der Waals surface area (Å²) in [7, 11) is 0. The van der Waals surface area contributed by atoms with Crippen molar-refractivity contribution in [1.29, 1.82) is 0 Å². The minimum atomic E-state index is -3.09. The zero-order valence-electron chi connectivity index (χ0n) is 7.93. The Hall–Kier alpha value is -1.29. The third-order valence-corrected chi connectivity index (χ3v) is 1.88. The molecule has 1 aromatic rings. The minimum absolute atomic E-state index is 0.305. The highest BCUT2D eigenvalue weighted by Gasteiger charge is 2.33. The Labute approximate surface area is 81.5 Å². The van der Waals surface area contributed by atoms with E-state index in [1.165, 1.54) is 12.3 Å². The van der Waals surface area contributed by atoms with Gasteiger partial charge in [0.25, 0.3) is 0 Å². The highest BCUT2D eigenvalue weighted by Crippen LogP contribution is 2.28. The fourth-order valence-corrected chi connectivity index (χ4v) is 1.15. The molecular formula is C10H12F2N2. The van der Waals surface area contributed by atoms with Crippen molar-refractivity contribution in [2.45, 2.75) is 12.8 Å². The standard InChI is InChI=1S/C10H12F2N2/c1-3-8-4-7(2)5-14-9(8)10(11,12)6-13/h3-5H,1,6,13H2,2H3. The maximum atomic E-state index is 13.2. The van der Waals surface area contributed by atoms with Gasteiger partial charge in [0.15, 0.2) is 0 Å². The number of hydrogen-bond donors (Lipinski definition) is 1. The van der Waals surface area contributed by atoms with Crippen molar-refractivity contribution < 1.29 is 8.78 Å². The van der Waals surface area contributed by atoms with E-state index in [1.54, 1.807) is 13.0 Å². The molecule has 4 heteroatoms. The van der Waals surface area contributed by atoms with Crippen LogP contribution in [0.4, 0.5) is 8.78 Å². The Bertz CT molecular complexity index is 348. The van der Waals surface area contributed by atoms with Gasteiger partial charge in [0, 0.05) is 11.8 Å². The first kappa shape index (κ1) is 10.8. The Morgan fingerprint density at radius 3 is 2.79 bits per heavy atom. The van der Waals surface area contributed by atoms with E-state index in [1.807, 2.05) is 0 Å². The van der Waals surface area contributed by atoms with Crippen LogP contribution in [0.15, 0.2) is 18.8 Å². The van der Waals surface area contributed by atoms with Gasteiger partial charge < -0.3 is 5.73 Å². The molecule has 1 heterocycles. The zero-order valence-corrected chi connectivity index (χ0v) is 7.93. The summed E-state index contributed by atoms with van der Waals surface area (Å²) in [6.07, 6.45) is 2.75. The van der Waals surface area contributed by atoms with Crippen molar-refractivity contribution in [1.82, 2.24) is 4.98 Å². The normalized spacial score (nSPS) is 11.4. The van der Waals surface area contributed by atoms with E-state index in [9.17, 15) is 8.78 Å². The van der Waals surface area contributed by atoms with Gasteiger partial charge in [-0.05, 0) is 18.6 Å². The third kappa shape index (κ3) is 1.96. The molecule has 0 aliphatic carbocycles. The Balaban J connectivity index is 3.27. The van der Waals surface area contributed by atoms with E-state index < -0.39 is 12.5 Å². The second-order valence-corrected chi connectivity index (χ2v) is 3.06. The van der Waals surface area contributed by atoms with Crippen molar-refractivity contribution in [2.24, 2.45) is 5.73 Å². The Kier molecular flexibility index (Phi) is 2.96. The van der Waals surface area contributed by atoms with E-state index in [2.05, 4.69) is 11.6 Å². The number of nitrogens with two attached hydrogens (primary N) is 1. The van der Waals surface area contributed by atoms with Crippen LogP contribution in [0.3, 0.4) is 0 Å². The molecule has 0 spiro atoms. The molecule has 0 atom stereocenters. The first-order valence-corrected chi connectivity index (χ1v) is 4.18. The molecule has 76 valence electrons. The third-order valence-electron chi connectivity index (χ3n) is 1.88. The van der Waals surface area contributed by atoms with Crippen molar-refractivity contribution in [2.75, 3.05) is 6.54 Å². The fourth-order valence-electron chi connectivity index (χ4n) is 1.15. The summed E-state index contributed by atoms with van der Waals surface area (Å²) >= 11 is 0. The zero-order chi connectivity index (χ0) is 10.8. The van der Waals surface area contributed by atoms with E-state index in [0.29, 0.717) is 5.56 Å². The van der Waals surface area contributed by atoms with Gasteiger partial charge in [0.1, 0.15) is 5.69 Å². The van der Waals surface area contributed by atoms with Crippen LogP contribution in [0.1, 0.15) is 16.8 Å². The van der Waals surface area contributed by atoms with Crippen LogP contribution in [0.25, 0.3) is 6.08 Å². The number of halogens is 2. The molecular weight excluding hydrogens is 186 g/mol. The van der Waals surface area contributed by atoms with Crippen LogP contribution in [0.2, 0.25) is 0 Å². The summed E-state index contributed by atoms with van der Waals surface area (Å²) < 4.78 is 26.5. The van der Waals surface area contributed by atoms with Gasteiger partial charge in [-0.1, -0.05) is 12.7 Å². The van der Waals surface area contributed by atoms with Crippen LogP contribution >= 0.6 is 0 Å². The van der Waals surface area contributed by atoms with Crippen LogP contribution in [0.5, 0.6) is 0 Å². The first-order chi connectivity index (χ1) is 6.51. The lowest BCUT2D eigenvalue weighted by Crippen LogP contribution is -2.27. The van der Waals surface area contributed by atoms with Gasteiger partial charge in [-0.3, -0.25) is 4.98 Å². The van der Waals surface area contributed by atoms with Crippen LogP contribution in [-0.4, -0.2) is 11.5 Å². The highest BCUT2D eigenvalue weighted by molar-refractivity contribution is 5.51. The summed E-state index contributed by atoms with van der Waals surface area (Å²) in [5, 5.41) is 0. The second kappa shape index (κ2) is 3.84. The predicted molar refractivity (Wildman–Crippen MR) is 52.0 cm³/mol. The largest absolute Gasteiger partial charge is 0.325 e.